The summed E-state index contributed by atoms with van der Waals surface area (Å²) in [5, 5.41) is 0. The number of amides is 1. The number of carbonyl (C=O) groups is 1. The fraction of sp³-hybridized carbons (Fsp3) is 0.409. The fourth-order valence-corrected chi connectivity index (χ4v) is 3.12. The van der Waals surface area contributed by atoms with Crippen molar-refractivity contribution in [2.45, 2.75) is 6.92 Å². The monoisotopic (exact) mass is 384 g/mol. The summed E-state index contributed by atoms with van der Waals surface area (Å²) >= 11 is 0. The summed E-state index contributed by atoms with van der Waals surface area (Å²) in [7, 11) is 1.59. The summed E-state index contributed by atoms with van der Waals surface area (Å²) in [6.07, 6.45) is 0. The molecular formula is C22H28N2O4. The summed E-state index contributed by atoms with van der Waals surface area (Å²) < 4.78 is 16.7. The average molecular weight is 384 g/mol. The number of para-hydroxylation sites is 2. The molecule has 6 heteroatoms. The Hall–Kier alpha value is -2.73. The molecule has 1 aliphatic heterocycles. The second kappa shape index (κ2) is 9.99. The predicted octanol–water partition coefficient (Wildman–Crippen LogP) is 2.61. The molecule has 0 N–H and O–H groups in total. The topological polar surface area (TPSA) is 51.2 Å². The van der Waals surface area contributed by atoms with Crippen molar-refractivity contribution in [3.63, 3.8) is 0 Å². The highest BCUT2D eigenvalue weighted by Gasteiger charge is 2.21. The molecule has 2 aromatic carbocycles. The summed E-state index contributed by atoms with van der Waals surface area (Å²) in [5.41, 5.74) is 1.22. The van der Waals surface area contributed by atoms with Gasteiger partial charge in [-0.15, -0.1) is 0 Å². The first kappa shape index (κ1) is 20.0. The van der Waals surface area contributed by atoms with Crippen molar-refractivity contribution in [2.24, 2.45) is 0 Å². The number of carbonyl (C=O) groups excluding carboxylic acids is 1. The van der Waals surface area contributed by atoms with Gasteiger partial charge in [-0.05, 0) is 31.2 Å². The molecule has 0 radical (unpaired) electrons. The lowest BCUT2D eigenvalue weighted by Gasteiger charge is -2.34. The highest BCUT2D eigenvalue weighted by Crippen LogP contribution is 2.25. The number of nitrogens with zero attached hydrogens (tertiary/aromatic N) is 2. The lowest BCUT2D eigenvalue weighted by atomic mass is 10.2. The van der Waals surface area contributed by atoms with Crippen LogP contribution >= 0.6 is 0 Å². The largest absolute Gasteiger partial charge is 0.493 e. The number of ether oxygens (including phenoxy) is 3. The lowest BCUT2D eigenvalue weighted by molar-refractivity contribution is -0.135. The standard InChI is InChI=1S/C22H28N2O4/c1-18-7-9-19(10-8-18)27-16-15-23-11-13-24(14-12-23)22(25)17-28-21-6-4-3-5-20(21)26-2/h3-10H,11-17H2,1-2H3. The van der Waals surface area contributed by atoms with Gasteiger partial charge >= 0.3 is 0 Å². The van der Waals surface area contributed by atoms with Crippen LogP contribution in [0.15, 0.2) is 48.5 Å². The van der Waals surface area contributed by atoms with Crippen molar-refractivity contribution in [3.05, 3.63) is 54.1 Å². The lowest BCUT2D eigenvalue weighted by Crippen LogP contribution is -2.50. The molecule has 1 saturated heterocycles. The third kappa shape index (κ3) is 5.63. The Morgan fingerprint density at radius 2 is 1.61 bits per heavy atom. The molecule has 1 amide bonds. The van der Waals surface area contributed by atoms with Gasteiger partial charge in [-0.1, -0.05) is 29.8 Å². The molecule has 150 valence electrons. The quantitative estimate of drug-likeness (QED) is 0.700. The minimum absolute atomic E-state index is 0.00135. The van der Waals surface area contributed by atoms with E-state index >= 15 is 0 Å². The fourth-order valence-electron chi connectivity index (χ4n) is 3.12. The van der Waals surface area contributed by atoms with Crippen molar-refractivity contribution in [2.75, 3.05) is 53.0 Å². The zero-order chi connectivity index (χ0) is 19.8. The van der Waals surface area contributed by atoms with E-state index in [-0.39, 0.29) is 12.5 Å². The van der Waals surface area contributed by atoms with Crippen LogP contribution < -0.4 is 14.2 Å². The van der Waals surface area contributed by atoms with E-state index in [4.69, 9.17) is 14.2 Å². The van der Waals surface area contributed by atoms with Crippen LogP contribution in [-0.4, -0.2) is 68.8 Å². The Bertz CT molecular complexity index is 755. The number of hydrogen-bond donors (Lipinski definition) is 0. The van der Waals surface area contributed by atoms with Gasteiger partial charge in [0, 0.05) is 32.7 Å². The van der Waals surface area contributed by atoms with Gasteiger partial charge in [0.25, 0.3) is 5.91 Å². The van der Waals surface area contributed by atoms with E-state index in [0.717, 1.165) is 25.4 Å². The first-order valence-electron chi connectivity index (χ1n) is 9.61. The summed E-state index contributed by atoms with van der Waals surface area (Å²) in [6, 6.07) is 15.4. The summed E-state index contributed by atoms with van der Waals surface area (Å²) in [6.45, 7) is 6.69. The van der Waals surface area contributed by atoms with E-state index in [1.165, 1.54) is 5.56 Å². The minimum atomic E-state index is 0.00135. The zero-order valence-electron chi connectivity index (χ0n) is 16.6. The van der Waals surface area contributed by atoms with E-state index in [1.54, 1.807) is 13.2 Å². The Labute approximate surface area is 166 Å². The van der Waals surface area contributed by atoms with E-state index in [9.17, 15) is 4.79 Å². The second-order valence-corrected chi connectivity index (χ2v) is 6.82. The molecule has 1 fully saturated rings. The number of rotatable bonds is 8. The molecule has 0 unspecified atom stereocenters. The third-order valence-electron chi connectivity index (χ3n) is 4.84. The smallest absolute Gasteiger partial charge is 0.260 e. The maximum Gasteiger partial charge on any atom is 0.260 e. The van der Waals surface area contributed by atoms with Gasteiger partial charge in [0.05, 0.1) is 7.11 Å². The molecule has 0 aliphatic carbocycles. The van der Waals surface area contributed by atoms with Crippen LogP contribution in [0.5, 0.6) is 17.2 Å². The van der Waals surface area contributed by atoms with Crippen LogP contribution in [0, 0.1) is 6.92 Å². The molecule has 0 bridgehead atoms. The Morgan fingerprint density at radius 1 is 0.929 bits per heavy atom. The Kier molecular flexibility index (Phi) is 7.14. The first-order chi connectivity index (χ1) is 13.7. The van der Waals surface area contributed by atoms with Crippen LogP contribution in [0.2, 0.25) is 0 Å². The molecule has 2 aromatic rings. The Morgan fingerprint density at radius 3 is 2.29 bits per heavy atom. The number of methoxy groups -OCH3 is 1. The van der Waals surface area contributed by atoms with Crippen LogP contribution in [0.25, 0.3) is 0 Å². The van der Waals surface area contributed by atoms with Gasteiger partial charge in [0.15, 0.2) is 18.1 Å². The highest BCUT2D eigenvalue weighted by molar-refractivity contribution is 5.78. The molecule has 6 nitrogen and oxygen atoms in total. The van der Waals surface area contributed by atoms with Crippen LogP contribution in [-0.2, 0) is 4.79 Å². The van der Waals surface area contributed by atoms with Gasteiger partial charge in [0.1, 0.15) is 12.4 Å². The molecule has 0 saturated carbocycles. The maximum absolute atomic E-state index is 12.4. The van der Waals surface area contributed by atoms with E-state index in [1.807, 2.05) is 47.4 Å². The number of aryl methyl sites for hydroxylation is 1. The van der Waals surface area contributed by atoms with Gasteiger partial charge in [-0.2, -0.15) is 0 Å². The van der Waals surface area contributed by atoms with E-state index in [2.05, 4.69) is 11.8 Å². The summed E-state index contributed by atoms with van der Waals surface area (Å²) in [5.74, 6) is 2.12. The van der Waals surface area contributed by atoms with Gasteiger partial charge in [-0.25, -0.2) is 0 Å². The SMILES string of the molecule is COc1ccccc1OCC(=O)N1CCN(CCOc2ccc(C)cc2)CC1. The van der Waals surface area contributed by atoms with E-state index < -0.39 is 0 Å². The van der Waals surface area contributed by atoms with E-state index in [0.29, 0.717) is 31.2 Å². The number of benzene rings is 2. The molecule has 3 rings (SSSR count). The van der Waals surface area contributed by atoms with Crippen LogP contribution in [0.3, 0.4) is 0 Å². The highest BCUT2D eigenvalue weighted by atomic mass is 16.5. The van der Waals surface area contributed by atoms with Crippen molar-refractivity contribution in [3.8, 4) is 17.2 Å². The molecule has 28 heavy (non-hydrogen) atoms. The van der Waals surface area contributed by atoms with Crippen molar-refractivity contribution in [1.29, 1.82) is 0 Å². The second-order valence-electron chi connectivity index (χ2n) is 6.82. The molecule has 0 aromatic heterocycles. The normalized spacial score (nSPS) is 14.6. The Balaban J connectivity index is 1.36. The molecule has 1 heterocycles. The van der Waals surface area contributed by atoms with Crippen molar-refractivity contribution >= 4 is 5.91 Å². The first-order valence-corrected chi connectivity index (χ1v) is 9.61. The van der Waals surface area contributed by atoms with Gasteiger partial charge < -0.3 is 19.1 Å². The van der Waals surface area contributed by atoms with Crippen molar-refractivity contribution < 1.29 is 19.0 Å². The molecule has 0 spiro atoms. The third-order valence-corrected chi connectivity index (χ3v) is 4.84. The zero-order valence-corrected chi connectivity index (χ0v) is 16.6. The molecule has 0 atom stereocenters. The van der Waals surface area contributed by atoms with Crippen molar-refractivity contribution in [1.82, 2.24) is 9.80 Å². The van der Waals surface area contributed by atoms with Gasteiger partial charge in [-0.3, -0.25) is 9.69 Å². The van der Waals surface area contributed by atoms with Gasteiger partial charge in [0.2, 0.25) is 0 Å². The number of piperazine rings is 1. The van der Waals surface area contributed by atoms with Crippen LogP contribution in [0.1, 0.15) is 5.56 Å². The molecular weight excluding hydrogens is 356 g/mol. The number of hydrogen-bond acceptors (Lipinski definition) is 5. The minimum Gasteiger partial charge on any atom is -0.493 e. The predicted molar refractivity (Wildman–Crippen MR) is 108 cm³/mol. The van der Waals surface area contributed by atoms with Crippen LogP contribution in [0.4, 0.5) is 0 Å². The average Bonchev–Trinajstić information content (AvgIpc) is 2.74. The molecule has 1 aliphatic rings. The maximum atomic E-state index is 12.4. The summed E-state index contributed by atoms with van der Waals surface area (Å²) in [4.78, 5) is 16.6.